The van der Waals surface area contributed by atoms with Crippen LogP contribution in [0.15, 0.2) is 18.2 Å². The van der Waals surface area contributed by atoms with Gasteiger partial charge in [0.2, 0.25) is 0 Å². The molecule has 1 heterocycles. The van der Waals surface area contributed by atoms with Crippen molar-refractivity contribution in [3.05, 3.63) is 34.9 Å². The molecule has 0 bridgehead atoms. The number of hydrogen-bond acceptors (Lipinski definition) is 2. The van der Waals surface area contributed by atoms with Gasteiger partial charge in [-0.1, -0.05) is 25.1 Å². The molecule has 1 aromatic carbocycles. The molecule has 0 aromatic heterocycles. The van der Waals surface area contributed by atoms with Crippen LogP contribution in [-0.2, 0) is 0 Å². The predicted octanol–water partition coefficient (Wildman–Crippen LogP) is 4.10. The van der Waals surface area contributed by atoms with Crippen LogP contribution >= 0.6 is 11.8 Å². The van der Waals surface area contributed by atoms with E-state index in [4.69, 9.17) is 0 Å². The molecule has 1 saturated heterocycles. The predicted molar refractivity (Wildman–Crippen MR) is 82.4 cm³/mol. The lowest BCUT2D eigenvalue weighted by atomic mass is 9.88. The fourth-order valence-electron chi connectivity index (χ4n) is 2.76. The van der Waals surface area contributed by atoms with Crippen LogP contribution in [-0.4, -0.2) is 18.1 Å². The Kier molecular flexibility index (Phi) is 5.13. The van der Waals surface area contributed by atoms with Crippen molar-refractivity contribution in [2.75, 3.05) is 18.1 Å². The molecule has 0 aliphatic carbocycles. The number of nitrogens with one attached hydrogen (secondary N) is 1. The molecule has 0 radical (unpaired) electrons. The smallest absolute Gasteiger partial charge is 0.0359 e. The molecule has 2 unspecified atom stereocenters. The zero-order valence-corrected chi connectivity index (χ0v) is 12.6. The van der Waals surface area contributed by atoms with Gasteiger partial charge in [0.1, 0.15) is 0 Å². The minimum Gasteiger partial charge on any atom is -0.310 e. The summed E-state index contributed by atoms with van der Waals surface area (Å²) in [6.07, 6.45) is 2.57. The molecule has 2 heteroatoms. The molecule has 1 aliphatic rings. The second-order valence-corrected chi connectivity index (χ2v) is 6.49. The van der Waals surface area contributed by atoms with Crippen LogP contribution < -0.4 is 5.32 Å². The number of thioether (sulfide) groups is 1. The lowest BCUT2D eigenvalue weighted by molar-refractivity contribution is 0.392. The quantitative estimate of drug-likeness (QED) is 0.858. The number of hydrogen-bond donors (Lipinski definition) is 1. The van der Waals surface area contributed by atoms with Crippen molar-refractivity contribution in [2.24, 2.45) is 5.92 Å². The zero-order valence-electron chi connectivity index (χ0n) is 11.8. The van der Waals surface area contributed by atoms with Crippen molar-refractivity contribution in [2.45, 2.75) is 39.7 Å². The van der Waals surface area contributed by atoms with Gasteiger partial charge in [0.15, 0.2) is 0 Å². The number of rotatable bonds is 5. The first-order valence-electron chi connectivity index (χ1n) is 7.11. The van der Waals surface area contributed by atoms with E-state index in [1.165, 1.54) is 41.0 Å². The summed E-state index contributed by atoms with van der Waals surface area (Å²) in [5.41, 5.74) is 4.42. The number of aryl methyl sites for hydroxylation is 1. The average molecular weight is 263 g/mol. The van der Waals surface area contributed by atoms with Gasteiger partial charge in [-0.25, -0.2) is 0 Å². The molecule has 18 heavy (non-hydrogen) atoms. The molecule has 1 nitrogen and oxygen atoms in total. The third kappa shape index (κ3) is 3.10. The lowest BCUT2D eigenvalue weighted by Gasteiger charge is -2.27. The molecule has 0 spiro atoms. The lowest BCUT2D eigenvalue weighted by Crippen LogP contribution is -2.29. The van der Waals surface area contributed by atoms with Crippen LogP contribution in [0.2, 0.25) is 0 Å². The second-order valence-electron chi connectivity index (χ2n) is 5.34. The molecular weight excluding hydrogens is 238 g/mol. The summed E-state index contributed by atoms with van der Waals surface area (Å²) in [5.74, 6) is 3.45. The van der Waals surface area contributed by atoms with Crippen molar-refractivity contribution < 1.29 is 0 Å². The van der Waals surface area contributed by atoms with Crippen molar-refractivity contribution in [1.82, 2.24) is 5.32 Å². The maximum Gasteiger partial charge on any atom is 0.0359 e. The van der Waals surface area contributed by atoms with E-state index in [9.17, 15) is 0 Å². The molecule has 2 atom stereocenters. The van der Waals surface area contributed by atoms with Gasteiger partial charge in [0, 0.05) is 6.04 Å². The Morgan fingerprint density at radius 1 is 1.39 bits per heavy atom. The van der Waals surface area contributed by atoms with Gasteiger partial charge in [0.25, 0.3) is 0 Å². The highest BCUT2D eigenvalue weighted by atomic mass is 32.2. The standard InChI is InChI=1S/C16H25NS/c1-4-9-17-16(14-8-10-18-11-14)15-7-5-6-12(2)13(15)3/h5-7,14,16-17H,4,8-11H2,1-3H3. The fourth-order valence-corrected chi connectivity index (χ4v) is 4.05. The maximum absolute atomic E-state index is 3.78. The van der Waals surface area contributed by atoms with Crippen LogP contribution in [0.25, 0.3) is 0 Å². The summed E-state index contributed by atoms with van der Waals surface area (Å²) in [6.45, 7) is 7.86. The van der Waals surface area contributed by atoms with Gasteiger partial charge in [-0.3, -0.25) is 0 Å². The molecule has 100 valence electrons. The summed E-state index contributed by atoms with van der Waals surface area (Å²) in [6, 6.07) is 7.30. The number of benzene rings is 1. The molecule has 1 N–H and O–H groups in total. The summed E-state index contributed by atoms with van der Waals surface area (Å²) >= 11 is 2.11. The van der Waals surface area contributed by atoms with Crippen LogP contribution in [0, 0.1) is 19.8 Å². The first-order valence-corrected chi connectivity index (χ1v) is 8.26. The van der Waals surface area contributed by atoms with Gasteiger partial charge in [-0.15, -0.1) is 0 Å². The Balaban J connectivity index is 2.23. The molecule has 0 saturated carbocycles. The van der Waals surface area contributed by atoms with Crippen LogP contribution in [0.1, 0.15) is 42.5 Å². The first kappa shape index (κ1) is 14.0. The SMILES string of the molecule is CCCNC(c1cccc(C)c1C)C1CCSC1. The normalized spacial score (nSPS) is 21.2. The van der Waals surface area contributed by atoms with E-state index in [0.717, 1.165) is 12.5 Å². The largest absolute Gasteiger partial charge is 0.310 e. The third-order valence-corrected chi connectivity index (χ3v) is 5.22. The Morgan fingerprint density at radius 3 is 2.89 bits per heavy atom. The highest BCUT2D eigenvalue weighted by Crippen LogP contribution is 2.35. The minimum absolute atomic E-state index is 0.555. The van der Waals surface area contributed by atoms with Gasteiger partial charge in [-0.2, -0.15) is 11.8 Å². The molecule has 1 fully saturated rings. The minimum atomic E-state index is 0.555. The van der Waals surface area contributed by atoms with Gasteiger partial charge < -0.3 is 5.32 Å². The summed E-state index contributed by atoms with van der Waals surface area (Å²) in [5, 5.41) is 3.78. The average Bonchev–Trinajstić information content (AvgIpc) is 2.88. The van der Waals surface area contributed by atoms with E-state index >= 15 is 0 Å². The monoisotopic (exact) mass is 263 g/mol. The molecule has 1 aromatic rings. The Morgan fingerprint density at radius 2 is 2.22 bits per heavy atom. The molecule has 0 amide bonds. The summed E-state index contributed by atoms with van der Waals surface area (Å²) in [7, 11) is 0. The van der Waals surface area contributed by atoms with Gasteiger partial charge in [-0.05, 0) is 67.3 Å². The topological polar surface area (TPSA) is 12.0 Å². The highest BCUT2D eigenvalue weighted by molar-refractivity contribution is 7.99. The van der Waals surface area contributed by atoms with Crippen molar-refractivity contribution in [1.29, 1.82) is 0 Å². The molecule has 2 rings (SSSR count). The van der Waals surface area contributed by atoms with Crippen molar-refractivity contribution >= 4 is 11.8 Å². The summed E-state index contributed by atoms with van der Waals surface area (Å²) in [4.78, 5) is 0. The van der Waals surface area contributed by atoms with E-state index in [-0.39, 0.29) is 0 Å². The Labute approximate surface area is 116 Å². The summed E-state index contributed by atoms with van der Waals surface area (Å²) < 4.78 is 0. The molecule has 1 aliphatic heterocycles. The molecular formula is C16H25NS. The third-order valence-electron chi connectivity index (χ3n) is 4.03. The van der Waals surface area contributed by atoms with E-state index in [1.807, 2.05) is 0 Å². The van der Waals surface area contributed by atoms with Crippen LogP contribution in [0.3, 0.4) is 0 Å². The Hall–Kier alpha value is -0.470. The maximum atomic E-state index is 3.78. The van der Waals surface area contributed by atoms with E-state index in [0.29, 0.717) is 6.04 Å². The van der Waals surface area contributed by atoms with Gasteiger partial charge in [0.05, 0.1) is 0 Å². The Bertz CT molecular complexity index is 383. The van der Waals surface area contributed by atoms with Crippen molar-refractivity contribution in [3.8, 4) is 0 Å². The van der Waals surface area contributed by atoms with Crippen molar-refractivity contribution in [3.63, 3.8) is 0 Å². The van der Waals surface area contributed by atoms with Crippen LogP contribution in [0.5, 0.6) is 0 Å². The van der Waals surface area contributed by atoms with E-state index in [1.54, 1.807) is 0 Å². The first-order chi connectivity index (χ1) is 8.74. The second kappa shape index (κ2) is 6.63. The fraction of sp³-hybridized carbons (Fsp3) is 0.625. The van der Waals surface area contributed by atoms with Crippen LogP contribution in [0.4, 0.5) is 0 Å². The van der Waals surface area contributed by atoms with E-state index in [2.05, 4.69) is 56.0 Å². The highest BCUT2D eigenvalue weighted by Gasteiger charge is 2.27. The zero-order chi connectivity index (χ0) is 13.0. The van der Waals surface area contributed by atoms with E-state index < -0.39 is 0 Å². The van der Waals surface area contributed by atoms with Gasteiger partial charge >= 0.3 is 0 Å².